The highest BCUT2D eigenvalue weighted by Crippen LogP contribution is 2.28. The largest absolute Gasteiger partial charge is 0.226 e. The first-order chi connectivity index (χ1) is 5.55. The Bertz CT molecular complexity index is 230. The summed E-state index contributed by atoms with van der Waals surface area (Å²) in [4.78, 5) is 0. The van der Waals surface area contributed by atoms with Gasteiger partial charge in [0.1, 0.15) is 0 Å². The number of rotatable bonds is 2. The molecular weight excluding hydrogens is 219 g/mol. The van der Waals surface area contributed by atoms with Gasteiger partial charge in [-0.15, -0.1) is 0 Å². The first-order valence-electron chi connectivity index (χ1n) is 4.06. The molecule has 0 spiro atoms. The van der Waals surface area contributed by atoms with Gasteiger partial charge in [0.15, 0.2) is 9.84 Å². The van der Waals surface area contributed by atoms with E-state index in [1.807, 2.05) is 0 Å². The molecule has 0 N–H and O–H groups in total. The average molecular weight is 231 g/mol. The second-order valence-corrected chi connectivity index (χ2v) is 7.04. The van der Waals surface area contributed by atoms with Crippen molar-refractivity contribution in [2.24, 2.45) is 0 Å². The Kier molecular flexibility index (Phi) is 3.68. The summed E-state index contributed by atoms with van der Waals surface area (Å²) in [7, 11) is -3.27. The zero-order valence-electron chi connectivity index (χ0n) is 6.67. The molecule has 0 radical (unpaired) electrons. The van der Waals surface area contributed by atoms with Gasteiger partial charge in [0.05, 0.1) is 5.25 Å². The molecule has 5 heteroatoms. The Morgan fingerprint density at radius 2 is 1.58 bits per heavy atom. The fourth-order valence-electron chi connectivity index (χ4n) is 1.54. The van der Waals surface area contributed by atoms with Crippen LogP contribution in [0.5, 0.6) is 0 Å². The molecule has 1 saturated carbocycles. The molecular formula is C7H12Cl2O2S. The molecule has 0 amide bonds. The van der Waals surface area contributed by atoms with Gasteiger partial charge in [-0.05, 0) is 12.8 Å². The van der Waals surface area contributed by atoms with Crippen LogP contribution in [-0.2, 0) is 9.84 Å². The van der Waals surface area contributed by atoms with Gasteiger partial charge < -0.3 is 0 Å². The van der Waals surface area contributed by atoms with Crippen LogP contribution in [0.25, 0.3) is 0 Å². The maximum atomic E-state index is 11.4. The van der Waals surface area contributed by atoms with Crippen molar-refractivity contribution in [3.63, 3.8) is 0 Å². The summed E-state index contributed by atoms with van der Waals surface area (Å²) >= 11 is 10.8. The lowest BCUT2D eigenvalue weighted by molar-refractivity contribution is 0.485. The van der Waals surface area contributed by atoms with Crippen LogP contribution in [0.15, 0.2) is 0 Å². The third kappa shape index (κ3) is 2.27. The molecule has 0 aromatic heterocycles. The molecule has 1 rings (SSSR count). The third-order valence-corrected chi connectivity index (χ3v) is 5.65. The molecule has 12 heavy (non-hydrogen) atoms. The molecule has 1 aliphatic rings. The normalized spacial score (nSPS) is 21.6. The maximum absolute atomic E-state index is 11.4. The first-order valence-corrected chi connectivity index (χ1v) is 6.54. The number of hydrogen-bond acceptors (Lipinski definition) is 2. The maximum Gasteiger partial charge on any atom is 0.208 e. The smallest absolute Gasteiger partial charge is 0.208 e. The van der Waals surface area contributed by atoms with Crippen molar-refractivity contribution in [2.75, 3.05) is 0 Å². The summed E-state index contributed by atoms with van der Waals surface area (Å²) < 4.78 is 21.6. The minimum atomic E-state index is -3.27. The molecule has 0 atom stereocenters. The van der Waals surface area contributed by atoms with Gasteiger partial charge in [-0.2, -0.15) is 0 Å². The average Bonchev–Trinajstić information content (AvgIpc) is 2.06. The van der Waals surface area contributed by atoms with Crippen LogP contribution in [-0.4, -0.2) is 17.8 Å². The van der Waals surface area contributed by atoms with E-state index >= 15 is 0 Å². The lowest BCUT2D eigenvalue weighted by Gasteiger charge is -2.21. The predicted molar refractivity (Wildman–Crippen MR) is 51.3 cm³/mol. The highest BCUT2D eigenvalue weighted by molar-refractivity contribution is 7.95. The number of sulfone groups is 1. The SMILES string of the molecule is O=S(=O)(C(Cl)Cl)C1CCCCC1. The fourth-order valence-corrected chi connectivity index (χ4v) is 3.69. The summed E-state index contributed by atoms with van der Waals surface area (Å²) in [6.45, 7) is 0. The standard InChI is InChI=1S/C7H12Cl2O2S/c8-7(9)12(10,11)6-4-2-1-3-5-6/h6-7H,1-5H2. The second kappa shape index (κ2) is 4.16. The van der Waals surface area contributed by atoms with E-state index in [0.29, 0.717) is 0 Å². The molecule has 1 fully saturated rings. The predicted octanol–water partition coefficient (Wildman–Crippen LogP) is 2.50. The van der Waals surface area contributed by atoms with E-state index in [0.717, 1.165) is 32.1 Å². The Morgan fingerprint density at radius 1 is 1.08 bits per heavy atom. The van der Waals surface area contributed by atoms with Crippen molar-refractivity contribution in [1.29, 1.82) is 0 Å². The van der Waals surface area contributed by atoms with Crippen molar-refractivity contribution in [1.82, 2.24) is 0 Å². The first kappa shape index (κ1) is 10.6. The van der Waals surface area contributed by atoms with Crippen LogP contribution in [0.1, 0.15) is 32.1 Å². The van der Waals surface area contributed by atoms with Crippen molar-refractivity contribution < 1.29 is 8.42 Å². The lowest BCUT2D eigenvalue weighted by atomic mass is 10.0. The number of hydrogen-bond donors (Lipinski definition) is 0. The van der Waals surface area contributed by atoms with Crippen molar-refractivity contribution in [2.45, 2.75) is 41.5 Å². The Balaban J connectivity index is 2.67. The highest BCUT2D eigenvalue weighted by atomic mass is 35.5. The quantitative estimate of drug-likeness (QED) is 0.684. The van der Waals surface area contributed by atoms with Gasteiger partial charge in [0.25, 0.3) is 0 Å². The van der Waals surface area contributed by atoms with Gasteiger partial charge in [0, 0.05) is 0 Å². The van der Waals surface area contributed by atoms with Crippen LogP contribution >= 0.6 is 23.2 Å². The summed E-state index contributed by atoms with van der Waals surface area (Å²) in [5, 5.41) is -0.300. The number of halogens is 2. The second-order valence-electron chi connectivity index (χ2n) is 3.11. The van der Waals surface area contributed by atoms with E-state index in [-0.39, 0.29) is 5.25 Å². The molecule has 0 aromatic carbocycles. The van der Waals surface area contributed by atoms with Gasteiger partial charge in [-0.25, -0.2) is 8.42 Å². The van der Waals surface area contributed by atoms with Crippen molar-refractivity contribution in [3.05, 3.63) is 0 Å². The van der Waals surface area contributed by atoms with Crippen LogP contribution in [0, 0.1) is 0 Å². The van der Waals surface area contributed by atoms with E-state index in [9.17, 15) is 8.42 Å². The highest BCUT2D eigenvalue weighted by Gasteiger charge is 2.32. The van der Waals surface area contributed by atoms with E-state index < -0.39 is 14.0 Å². The molecule has 0 bridgehead atoms. The summed E-state index contributed by atoms with van der Waals surface area (Å²) in [5.74, 6) is 0. The monoisotopic (exact) mass is 230 g/mol. The Labute approximate surface area is 83.2 Å². The topological polar surface area (TPSA) is 34.1 Å². The fraction of sp³-hybridized carbons (Fsp3) is 1.00. The van der Waals surface area contributed by atoms with Crippen molar-refractivity contribution in [3.8, 4) is 0 Å². The molecule has 0 saturated heterocycles. The van der Waals surface area contributed by atoms with E-state index in [2.05, 4.69) is 0 Å². The molecule has 0 aliphatic heterocycles. The minimum absolute atomic E-state index is 0.300. The molecule has 0 aromatic rings. The number of alkyl halides is 2. The van der Waals surface area contributed by atoms with E-state index in [1.165, 1.54) is 0 Å². The van der Waals surface area contributed by atoms with Gasteiger partial charge in [0.2, 0.25) is 4.17 Å². The molecule has 72 valence electrons. The van der Waals surface area contributed by atoms with Gasteiger partial charge >= 0.3 is 0 Å². The molecule has 1 aliphatic carbocycles. The molecule has 0 unspecified atom stereocenters. The zero-order valence-corrected chi connectivity index (χ0v) is 9.00. The lowest BCUT2D eigenvalue weighted by Crippen LogP contribution is -2.28. The van der Waals surface area contributed by atoms with Crippen LogP contribution < -0.4 is 0 Å². The Hall–Kier alpha value is 0.530. The summed E-state index contributed by atoms with van der Waals surface area (Å²) in [5.41, 5.74) is 0. The zero-order chi connectivity index (χ0) is 9.19. The van der Waals surface area contributed by atoms with Crippen LogP contribution in [0.4, 0.5) is 0 Å². The molecule has 2 nitrogen and oxygen atoms in total. The van der Waals surface area contributed by atoms with Gasteiger partial charge in [-0.1, -0.05) is 42.5 Å². The summed E-state index contributed by atoms with van der Waals surface area (Å²) in [6, 6.07) is 0. The summed E-state index contributed by atoms with van der Waals surface area (Å²) in [6.07, 6.45) is 4.52. The Morgan fingerprint density at radius 3 is 2.00 bits per heavy atom. The third-order valence-electron chi connectivity index (χ3n) is 2.27. The van der Waals surface area contributed by atoms with E-state index in [4.69, 9.17) is 23.2 Å². The van der Waals surface area contributed by atoms with Crippen LogP contribution in [0.2, 0.25) is 0 Å². The van der Waals surface area contributed by atoms with Crippen LogP contribution in [0.3, 0.4) is 0 Å². The van der Waals surface area contributed by atoms with E-state index in [1.54, 1.807) is 0 Å². The van der Waals surface area contributed by atoms with Gasteiger partial charge in [-0.3, -0.25) is 0 Å². The minimum Gasteiger partial charge on any atom is -0.226 e. The van der Waals surface area contributed by atoms with Crippen molar-refractivity contribution >= 4 is 33.0 Å². The molecule has 0 heterocycles.